The van der Waals surface area contributed by atoms with Crippen LogP contribution in [0.25, 0.3) is 0 Å². The quantitative estimate of drug-likeness (QED) is 0.564. The van der Waals surface area contributed by atoms with Crippen LogP contribution in [-0.4, -0.2) is 23.4 Å². The van der Waals surface area contributed by atoms with Gasteiger partial charge in [-0.2, -0.15) is 0 Å². The van der Waals surface area contributed by atoms with Gasteiger partial charge < -0.3 is 10.2 Å². The van der Waals surface area contributed by atoms with Crippen molar-refractivity contribution >= 4 is 0 Å². The molecule has 14 heavy (non-hydrogen) atoms. The van der Waals surface area contributed by atoms with Gasteiger partial charge in [-0.3, -0.25) is 0 Å². The summed E-state index contributed by atoms with van der Waals surface area (Å²) in [6.07, 6.45) is 7.72. The van der Waals surface area contributed by atoms with Gasteiger partial charge in [-0.1, -0.05) is 33.1 Å². The number of unbranched alkanes of at least 4 members (excludes halogenated alkanes) is 2. The van der Waals surface area contributed by atoms with E-state index in [1.54, 1.807) is 0 Å². The molecule has 0 saturated carbocycles. The number of aliphatic hydroxyl groups excluding tert-OH is 2. The fourth-order valence-corrected chi connectivity index (χ4v) is 1.95. The highest BCUT2D eigenvalue weighted by molar-refractivity contribution is 4.74. The lowest BCUT2D eigenvalue weighted by atomic mass is 9.78. The summed E-state index contributed by atoms with van der Waals surface area (Å²) in [4.78, 5) is 0. The Morgan fingerprint density at radius 1 is 0.857 bits per heavy atom. The molecular weight excluding hydrogens is 176 g/mol. The van der Waals surface area contributed by atoms with Crippen molar-refractivity contribution in [3.8, 4) is 0 Å². The zero-order valence-electron chi connectivity index (χ0n) is 9.76. The first-order valence-electron chi connectivity index (χ1n) is 5.90. The molecule has 0 aromatic rings. The van der Waals surface area contributed by atoms with Gasteiger partial charge in [0.1, 0.15) is 0 Å². The largest absolute Gasteiger partial charge is 0.396 e. The van der Waals surface area contributed by atoms with E-state index in [-0.39, 0.29) is 18.6 Å². The first-order valence-corrected chi connectivity index (χ1v) is 5.90. The van der Waals surface area contributed by atoms with Crippen molar-refractivity contribution in [1.82, 2.24) is 0 Å². The molecule has 0 heterocycles. The van der Waals surface area contributed by atoms with E-state index in [1.165, 1.54) is 25.7 Å². The van der Waals surface area contributed by atoms with E-state index >= 15 is 0 Å². The molecule has 1 unspecified atom stereocenters. The molecule has 0 aliphatic heterocycles. The molecule has 2 nitrogen and oxygen atoms in total. The van der Waals surface area contributed by atoms with E-state index in [0.29, 0.717) is 0 Å². The minimum atomic E-state index is 0.243. The molecule has 2 heteroatoms. The van der Waals surface area contributed by atoms with Gasteiger partial charge in [-0.25, -0.2) is 0 Å². The van der Waals surface area contributed by atoms with E-state index in [4.69, 9.17) is 10.2 Å². The van der Waals surface area contributed by atoms with Crippen LogP contribution < -0.4 is 0 Å². The second-order valence-corrected chi connectivity index (χ2v) is 4.57. The minimum Gasteiger partial charge on any atom is -0.396 e. The summed E-state index contributed by atoms with van der Waals surface area (Å²) in [5, 5.41) is 17.8. The number of aliphatic hydroxyl groups is 2. The Morgan fingerprint density at radius 2 is 1.50 bits per heavy atom. The fourth-order valence-electron chi connectivity index (χ4n) is 1.95. The average Bonchev–Trinajstić information content (AvgIpc) is 2.16. The first-order chi connectivity index (χ1) is 6.68. The molecule has 0 amide bonds. The van der Waals surface area contributed by atoms with Crippen LogP contribution in [0.4, 0.5) is 0 Å². The lowest BCUT2D eigenvalue weighted by Crippen LogP contribution is -2.18. The lowest BCUT2D eigenvalue weighted by molar-refractivity contribution is 0.155. The van der Waals surface area contributed by atoms with Crippen LogP contribution in [0, 0.1) is 5.41 Å². The minimum absolute atomic E-state index is 0.243. The molecule has 86 valence electrons. The van der Waals surface area contributed by atoms with E-state index in [0.717, 1.165) is 19.3 Å². The molecule has 0 aromatic heterocycles. The van der Waals surface area contributed by atoms with Crippen LogP contribution in [0.1, 0.15) is 58.8 Å². The van der Waals surface area contributed by atoms with Crippen molar-refractivity contribution < 1.29 is 10.2 Å². The Hall–Kier alpha value is -0.0800. The van der Waals surface area contributed by atoms with Crippen molar-refractivity contribution in [2.75, 3.05) is 13.2 Å². The zero-order chi connectivity index (χ0) is 10.9. The predicted molar refractivity (Wildman–Crippen MR) is 60.3 cm³/mol. The van der Waals surface area contributed by atoms with Gasteiger partial charge in [0, 0.05) is 13.2 Å². The van der Waals surface area contributed by atoms with Gasteiger partial charge in [0.2, 0.25) is 0 Å². The highest BCUT2D eigenvalue weighted by Gasteiger charge is 2.22. The maximum absolute atomic E-state index is 9.00. The van der Waals surface area contributed by atoms with Crippen LogP contribution in [0.3, 0.4) is 0 Å². The predicted octanol–water partition coefficient (Wildman–Crippen LogP) is 2.73. The molecule has 0 bridgehead atoms. The van der Waals surface area contributed by atoms with Crippen LogP contribution in [0.15, 0.2) is 0 Å². The molecule has 0 aliphatic carbocycles. The summed E-state index contributed by atoms with van der Waals surface area (Å²) in [6, 6.07) is 0. The normalized spacial score (nSPS) is 15.4. The Morgan fingerprint density at radius 3 is 2.00 bits per heavy atom. The molecule has 0 saturated heterocycles. The van der Waals surface area contributed by atoms with Crippen molar-refractivity contribution in [1.29, 1.82) is 0 Å². The molecule has 2 N–H and O–H groups in total. The molecule has 0 spiro atoms. The summed E-state index contributed by atoms with van der Waals surface area (Å²) in [6.45, 7) is 4.98. The fraction of sp³-hybridized carbons (Fsp3) is 1.00. The lowest BCUT2D eigenvalue weighted by Gasteiger charge is -2.28. The molecule has 0 radical (unpaired) electrons. The third kappa shape index (κ3) is 6.39. The Kier molecular flexibility index (Phi) is 8.20. The summed E-state index contributed by atoms with van der Waals surface area (Å²) >= 11 is 0. The van der Waals surface area contributed by atoms with Gasteiger partial charge in [0.25, 0.3) is 0 Å². The monoisotopic (exact) mass is 202 g/mol. The summed E-state index contributed by atoms with van der Waals surface area (Å²) in [5.41, 5.74) is 0.243. The third-order valence-corrected chi connectivity index (χ3v) is 3.04. The Balaban J connectivity index is 3.82. The van der Waals surface area contributed by atoms with E-state index in [1.807, 2.05) is 0 Å². The third-order valence-electron chi connectivity index (χ3n) is 3.04. The molecule has 0 aromatic carbocycles. The molecular formula is C12H26O2. The smallest absolute Gasteiger partial charge is 0.0436 e. The van der Waals surface area contributed by atoms with Crippen molar-refractivity contribution in [2.45, 2.75) is 58.8 Å². The van der Waals surface area contributed by atoms with Crippen LogP contribution in [0.2, 0.25) is 0 Å². The topological polar surface area (TPSA) is 40.5 Å². The highest BCUT2D eigenvalue weighted by atomic mass is 16.3. The summed E-state index contributed by atoms with van der Waals surface area (Å²) < 4.78 is 0. The standard InChI is InChI=1S/C12H26O2/c1-3-4-5-7-12(2,9-11-14)8-6-10-13/h13-14H,3-11H2,1-2H3. The summed E-state index contributed by atoms with van der Waals surface area (Å²) in [7, 11) is 0. The van der Waals surface area contributed by atoms with Crippen LogP contribution in [-0.2, 0) is 0 Å². The highest BCUT2D eigenvalue weighted by Crippen LogP contribution is 2.33. The summed E-state index contributed by atoms with van der Waals surface area (Å²) in [5.74, 6) is 0. The zero-order valence-corrected chi connectivity index (χ0v) is 9.76. The van der Waals surface area contributed by atoms with Gasteiger partial charge >= 0.3 is 0 Å². The SMILES string of the molecule is CCCCCC(C)(CCO)CCCO. The molecule has 0 fully saturated rings. The van der Waals surface area contributed by atoms with Gasteiger partial charge in [0.05, 0.1) is 0 Å². The Bertz CT molecular complexity index is 125. The van der Waals surface area contributed by atoms with E-state index < -0.39 is 0 Å². The van der Waals surface area contributed by atoms with Gasteiger partial charge in [0.15, 0.2) is 0 Å². The van der Waals surface area contributed by atoms with Crippen LogP contribution in [0.5, 0.6) is 0 Å². The van der Waals surface area contributed by atoms with E-state index in [9.17, 15) is 0 Å². The Labute approximate surface area is 88.3 Å². The van der Waals surface area contributed by atoms with Crippen molar-refractivity contribution in [2.24, 2.45) is 5.41 Å². The number of hydrogen-bond donors (Lipinski definition) is 2. The first kappa shape index (κ1) is 13.9. The second kappa shape index (κ2) is 8.25. The van der Waals surface area contributed by atoms with Gasteiger partial charge in [-0.05, 0) is 31.1 Å². The van der Waals surface area contributed by atoms with E-state index in [2.05, 4.69) is 13.8 Å². The second-order valence-electron chi connectivity index (χ2n) is 4.57. The number of rotatable bonds is 9. The molecule has 0 aliphatic rings. The maximum Gasteiger partial charge on any atom is 0.0436 e. The average molecular weight is 202 g/mol. The molecule has 1 atom stereocenters. The van der Waals surface area contributed by atoms with Crippen LogP contribution >= 0.6 is 0 Å². The maximum atomic E-state index is 9.00. The molecule has 0 rings (SSSR count). The van der Waals surface area contributed by atoms with Gasteiger partial charge in [-0.15, -0.1) is 0 Å². The van der Waals surface area contributed by atoms with Crippen molar-refractivity contribution in [3.63, 3.8) is 0 Å². The van der Waals surface area contributed by atoms with Crippen molar-refractivity contribution in [3.05, 3.63) is 0 Å². The number of hydrogen-bond acceptors (Lipinski definition) is 2.